The second kappa shape index (κ2) is 8.69. The van der Waals surface area contributed by atoms with Crippen LogP contribution in [0, 0.1) is 0 Å². The summed E-state index contributed by atoms with van der Waals surface area (Å²) in [5.74, 6) is 1.12. The van der Waals surface area contributed by atoms with E-state index in [9.17, 15) is 9.59 Å². The highest BCUT2D eigenvalue weighted by Crippen LogP contribution is 2.34. The fourth-order valence-corrected chi connectivity index (χ4v) is 5.68. The van der Waals surface area contributed by atoms with Crippen molar-refractivity contribution in [1.82, 2.24) is 9.55 Å². The molecule has 30 heavy (non-hydrogen) atoms. The number of thiophene rings is 1. The highest BCUT2D eigenvalue weighted by molar-refractivity contribution is 7.99. The van der Waals surface area contributed by atoms with Crippen molar-refractivity contribution in [3.8, 4) is 11.5 Å². The van der Waals surface area contributed by atoms with E-state index in [0.717, 1.165) is 35.9 Å². The van der Waals surface area contributed by atoms with Crippen LogP contribution in [0.15, 0.2) is 28.2 Å². The number of ether oxygens (including phenoxy) is 2. The maximum absolute atomic E-state index is 12.9. The van der Waals surface area contributed by atoms with Crippen LogP contribution in [0.4, 0.5) is 5.69 Å². The number of aryl methyl sites for hydroxylation is 2. The van der Waals surface area contributed by atoms with Crippen molar-refractivity contribution in [2.75, 3.05) is 25.3 Å². The zero-order chi connectivity index (χ0) is 21.3. The molecule has 4 rings (SSSR count). The number of hydrogen-bond donors (Lipinski definition) is 1. The van der Waals surface area contributed by atoms with E-state index in [4.69, 9.17) is 14.5 Å². The second-order valence-electron chi connectivity index (χ2n) is 7.09. The Morgan fingerprint density at radius 1 is 1.20 bits per heavy atom. The van der Waals surface area contributed by atoms with Gasteiger partial charge in [0.2, 0.25) is 5.91 Å². The lowest BCUT2D eigenvalue weighted by molar-refractivity contribution is -0.113. The summed E-state index contributed by atoms with van der Waals surface area (Å²) in [7, 11) is 4.83. The molecule has 3 aromatic rings. The number of fused-ring (bicyclic) bond motifs is 3. The van der Waals surface area contributed by atoms with Crippen LogP contribution in [-0.2, 0) is 24.7 Å². The molecular formula is C21H23N3O4S2. The van der Waals surface area contributed by atoms with Crippen molar-refractivity contribution in [3.05, 3.63) is 39.0 Å². The summed E-state index contributed by atoms with van der Waals surface area (Å²) in [4.78, 5) is 32.2. The van der Waals surface area contributed by atoms with Gasteiger partial charge in [-0.25, -0.2) is 4.98 Å². The molecule has 0 aliphatic heterocycles. The average Bonchev–Trinajstić information content (AvgIpc) is 3.13. The summed E-state index contributed by atoms with van der Waals surface area (Å²) in [5.41, 5.74) is 1.73. The maximum atomic E-state index is 12.9. The molecular weight excluding hydrogens is 422 g/mol. The van der Waals surface area contributed by atoms with Crippen molar-refractivity contribution >= 4 is 44.9 Å². The van der Waals surface area contributed by atoms with Crippen LogP contribution in [0.25, 0.3) is 10.2 Å². The number of carbonyl (C=O) groups excluding carboxylic acids is 1. The summed E-state index contributed by atoms with van der Waals surface area (Å²) in [6.07, 6.45) is 4.25. The van der Waals surface area contributed by atoms with Crippen molar-refractivity contribution in [3.63, 3.8) is 0 Å². The summed E-state index contributed by atoms with van der Waals surface area (Å²) < 4.78 is 12.0. The molecule has 0 unspecified atom stereocenters. The quantitative estimate of drug-likeness (QED) is 0.461. The molecule has 7 nitrogen and oxygen atoms in total. The van der Waals surface area contributed by atoms with Gasteiger partial charge in [0.05, 0.1) is 25.4 Å². The second-order valence-corrected chi connectivity index (χ2v) is 9.11. The molecule has 0 saturated carbocycles. The molecule has 0 fully saturated rings. The van der Waals surface area contributed by atoms with Gasteiger partial charge in [-0.15, -0.1) is 11.3 Å². The summed E-state index contributed by atoms with van der Waals surface area (Å²) in [6.45, 7) is 0. The third kappa shape index (κ3) is 4.04. The lowest BCUT2D eigenvalue weighted by Crippen LogP contribution is -2.22. The number of aromatic nitrogens is 2. The fourth-order valence-electron chi connectivity index (χ4n) is 3.60. The van der Waals surface area contributed by atoms with Crippen LogP contribution in [0.2, 0.25) is 0 Å². The van der Waals surface area contributed by atoms with Crippen LogP contribution in [0.1, 0.15) is 23.3 Å². The molecule has 158 valence electrons. The molecule has 1 aliphatic carbocycles. The largest absolute Gasteiger partial charge is 0.497 e. The third-order valence-corrected chi connectivity index (χ3v) is 7.34. The van der Waals surface area contributed by atoms with Crippen LogP contribution in [0.3, 0.4) is 0 Å². The minimum Gasteiger partial charge on any atom is -0.497 e. The van der Waals surface area contributed by atoms with Crippen molar-refractivity contribution in [2.45, 2.75) is 30.8 Å². The first-order valence-electron chi connectivity index (χ1n) is 9.67. The predicted molar refractivity (Wildman–Crippen MR) is 120 cm³/mol. The Kier molecular flexibility index (Phi) is 6.01. The molecule has 1 aliphatic rings. The van der Waals surface area contributed by atoms with Gasteiger partial charge < -0.3 is 14.8 Å². The molecule has 0 atom stereocenters. The number of nitrogens with one attached hydrogen (secondary N) is 1. The highest BCUT2D eigenvalue weighted by Gasteiger charge is 2.21. The Morgan fingerprint density at radius 3 is 2.60 bits per heavy atom. The number of carbonyl (C=O) groups is 1. The van der Waals surface area contributed by atoms with E-state index in [-0.39, 0.29) is 17.2 Å². The molecule has 0 spiro atoms. The van der Waals surface area contributed by atoms with Crippen molar-refractivity contribution in [1.29, 1.82) is 0 Å². The summed E-state index contributed by atoms with van der Waals surface area (Å²) in [6, 6.07) is 5.18. The SMILES string of the molecule is COc1cc(NC(=O)CSc2nc3sc4c(c3c(=O)n2C)CCCC4)cc(OC)c1. The Bertz CT molecular complexity index is 1150. The Balaban J connectivity index is 1.52. The summed E-state index contributed by atoms with van der Waals surface area (Å²) in [5, 5.41) is 4.14. The van der Waals surface area contributed by atoms with Gasteiger partial charge in [-0.05, 0) is 31.2 Å². The first-order valence-corrected chi connectivity index (χ1v) is 11.5. The number of nitrogens with zero attached hydrogens (tertiary/aromatic N) is 2. The zero-order valence-electron chi connectivity index (χ0n) is 17.1. The van der Waals surface area contributed by atoms with Gasteiger partial charge in [0.15, 0.2) is 5.16 Å². The highest BCUT2D eigenvalue weighted by atomic mass is 32.2. The molecule has 9 heteroatoms. The molecule has 0 bridgehead atoms. The lowest BCUT2D eigenvalue weighted by Gasteiger charge is -2.11. The zero-order valence-corrected chi connectivity index (χ0v) is 18.7. The number of benzene rings is 1. The van der Waals surface area contributed by atoms with Crippen molar-refractivity contribution < 1.29 is 14.3 Å². The van der Waals surface area contributed by atoms with E-state index in [1.165, 1.54) is 22.2 Å². The van der Waals surface area contributed by atoms with E-state index >= 15 is 0 Å². The van der Waals surface area contributed by atoms with Crippen LogP contribution >= 0.6 is 23.1 Å². The van der Waals surface area contributed by atoms with Crippen molar-refractivity contribution in [2.24, 2.45) is 7.05 Å². The Morgan fingerprint density at radius 2 is 1.90 bits per heavy atom. The van der Waals surface area contributed by atoms with Gasteiger partial charge in [-0.2, -0.15) is 0 Å². The molecule has 2 aromatic heterocycles. The van der Waals surface area contributed by atoms with Gasteiger partial charge >= 0.3 is 0 Å². The van der Waals surface area contributed by atoms with E-state index in [1.54, 1.807) is 55.4 Å². The Labute approximate surface area is 182 Å². The fraction of sp³-hybridized carbons (Fsp3) is 0.381. The summed E-state index contributed by atoms with van der Waals surface area (Å²) >= 11 is 2.87. The monoisotopic (exact) mass is 445 g/mol. The lowest BCUT2D eigenvalue weighted by atomic mass is 9.97. The van der Waals surface area contributed by atoms with Gasteiger partial charge in [-0.3, -0.25) is 14.2 Å². The standard InChI is InChI=1S/C21H23N3O4S2/c1-24-20(26)18-15-6-4-5-7-16(15)30-19(18)23-21(24)29-11-17(25)22-12-8-13(27-2)10-14(9-12)28-3/h8-10H,4-7,11H2,1-3H3,(H,22,25). The molecule has 0 radical (unpaired) electrons. The number of rotatable bonds is 6. The third-order valence-electron chi connectivity index (χ3n) is 5.12. The molecule has 2 heterocycles. The molecule has 0 saturated heterocycles. The van der Waals surface area contributed by atoms with Crippen LogP contribution in [-0.4, -0.2) is 35.4 Å². The van der Waals surface area contributed by atoms with Gasteiger partial charge in [0, 0.05) is 35.8 Å². The molecule has 1 amide bonds. The van der Waals surface area contributed by atoms with Gasteiger partial charge in [0.1, 0.15) is 16.3 Å². The first-order chi connectivity index (χ1) is 14.5. The van der Waals surface area contributed by atoms with Crippen LogP contribution in [0.5, 0.6) is 11.5 Å². The van der Waals surface area contributed by atoms with E-state index < -0.39 is 0 Å². The predicted octanol–water partition coefficient (Wildman–Crippen LogP) is 3.62. The number of hydrogen-bond acceptors (Lipinski definition) is 7. The van der Waals surface area contributed by atoms with E-state index in [2.05, 4.69) is 5.32 Å². The number of amides is 1. The number of anilines is 1. The Hall–Kier alpha value is -2.52. The average molecular weight is 446 g/mol. The minimum atomic E-state index is -0.199. The minimum absolute atomic E-state index is 0.0279. The topological polar surface area (TPSA) is 82.5 Å². The van der Waals surface area contributed by atoms with E-state index in [1.807, 2.05) is 0 Å². The smallest absolute Gasteiger partial charge is 0.262 e. The van der Waals surface area contributed by atoms with Gasteiger partial charge in [0.25, 0.3) is 5.56 Å². The van der Waals surface area contributed by atoms with E-state index in [0.29, 0.717) is 22.3 Å². The number of methoxy groups -OCH3 is 2. The number of thioether (sulfide) groups is 1. The normalized spacial score (nSPS) is 13.2. The van der Waals surface area contributed by atoms with Crippen LogP contribution < -0.4 is 20.3 Å². The first kappa shape index (κ1) is 20.7. The maximum Gasteiger partial charge on any atom is 0.262 e. The van der Waals surface area contributed by atoms with Gasteiger partial charge in [-0.1, -0.05) is 11.8 Å². The molecule has 1 aromatic carbocycles. The molecule has 1 N–H and O–H groups in total.